The third-order valence-electron chi connectivity index (χ3n) is 2.01. The molecule has 1 aliphatic rings. The molecule has 0 radical (unpaired) electrons. The number of piperazine rings is 1. The second kappa shape index (κ2) is 3.69. The van der Waals surface area contributed by atoms with E-state index in [-0.39, 0.29) is 18.6 Å². The van der Waals surface area contributed by atoms with Crippen LogP contribution in [-0.4, -0.2) is 48.2 Å². The van der Waals surface area contributed by atoms with E-state index in [2.05, 4.69) is 5.32 Å². The summed E-state index contributed by atoms with van der Waals surface area (Å²) < 4.78 is 0. The van der Waals surface area contributed by atoms with Crippen LogP contribution >= 0.6 is 0 Å². The summed E-state index contributed by atoms with van der Waals surface area (Å²) in [4.78, 5) is 13.0. The van der Waals surface area contributed by atoms with Crippen LogP contribution in [0.5, 0.6) is 0 Å². The van der Waals surface area contributed by atoms with Gasteiger partial charge in [0.05, 0.1) is 12.6 Å². The predicted molar refractivity (Wildman–Crippen MR) is 41.1 cm³/mol. The molecule has 0 aromatic rings. The van der Waals surface area contributed by atoms with E-state index in [0.717, 1.165) is 6.54 Å². The molecule has 64 valence electrons. The van der Waals surface area contributed by atoms with E-state index in [9.17, 15) is 4.79 Å². The summed E-state index contributed by atoms with van der Waals surface area (Å²) in [5, 5.41) is 11.4. The van der Waals surface area contributed by atoms with E-state index in [1.54, 1.807) is 0 Å². The first-order chi connectivity index (χ1) is 5.25. The van der Waals surface area contributed by atoms with Gasteiger partial charge in [0.15, 0.2) is 0 Å². The molecule has 11 heavy (non-hydrogen) atoms. The number of aliphatic hydroxyl groups excluding tert-OH is 1. The van der Waals surface area contributed by atoms with Gasteiger partial charge >= 0.3 is 0 Å². The molecule has 1 amide bonds. The molecule has 1 unspecified atom stereocenters. The highest BCUT2D eigenvalue weighted by molar-refractivity contribution is 5.81. The minimum Gasteiger partial charge on any atom is -0.395 e. The number of carbonyl (C=O) groups excluding carboxylic acids is 1. The second-order valence-corrected chi connectivity index (χ2v) is 2.73. The Labute approximate surface area is 66.2 Å². The van der Waals surface area contributed by atoms with Gasteiger partial charge in [0.1, 0.15) is 0 Å². The first kappa shape index (κ1) is 8.49. The van der Waals surface area contributed by atoms with Crippen molar-refractivity contribution in [3.63, 3.8) is 0 Å². The standard InChI is InChI=1S/C7H14N2O2/c1-6-7(11)8-2-3-9(6)4-5-10/h6,10H,2-5H2,1H3,(H,8,11). The first-order valence-corrected chi connectivity index (χ1v) is 3.88. The summed E-state index contributed by atoms with van der Waals surface area (Å²) in [7, 11) is 0. The number of hydrogen-bond acceptors (Lipinski definition) is 3. The average molecular weight is 158 g/mol. The lowest BCUT2D eigenvalue weighted by Crippen LogP contribution is -2.54. The molecule has 2 N–H and O–H groups in total. The molecule has 1 atom stereocenters. The van der Waals surface area contributed by atoms with E-state index < -0.39 is 0 Å². The van der Waals surface area contributed by atoms with E-state index in [1.165, 1.54) is 0 Å². The fourth-order valence-corrected chi connectivity index (χ4v) is 1.26. The van der Waals surface area contributed by atoms with Gasteiger partial charge in [-0.2, -0.15) is 0 Å². The average Bonchev–Trinajstić information content (AvgIpc) is 1.99. The zero-order valence-electron chi connectivity index (χ0n) is 6.71. The minimum atomic E-state index is -0.0871. The number of nitrogens with zero attached hydrogens (tertiary/aromatic N) is 1. The quantitative estimate of drug-likeness (QED) is 0.530. The first-order valence-electron chi connectivity index (χ1n) is 3.88. The van der Waals surface area contributed by atoms with Crippen molar-refractivity contribution < 1.29 is 9.90 Å². The van der Waals surface area contributed by atoms with Gasteiger partial charge < -0.3 is 10.4 Å². The number of hydrogen-bond donors (Lipinski definition) is 2. The van der Waals surface area contributed by atoms with Gasteiger partial charge in [-0.25, -0.2) is 0 Å². The van der Waals surface area contributed by atoms with E-state index in [4.69, 9.17) is 5.11 Å². The number of aliphatic hydroxyl groups is 1. The number of amides is 1. The highest BCUT2D eigenvalue weighted by Gasteiger charge is 2.24. The Morgan fingerprint density at radius 3 is 3.18 bits per heavy atom. The van der Waals surface area contributed by atoms with E-state index >= 15 is 0 Å². The lowest BCUT2D eigenvalue weighted by Gasteiger charge is -2.31. The van der Waals surface area contributed by atoms with Gasteiger partial charge in [0.25, 0.3) is 0 Å². The third kappa shape index (κ3) is 1.91. The van der Waals surface area contributed by atoms with Crippen LogP contribution in [0, 0.1) is 0 Å². The van der Waals surface area contributed by atoms with Crippen LogP contribution in [0.4, 0.5) is 0 Å². The maximum Gasteiger partial charge on any atom is 0.237 e. The van der Waals surface area contributed by atoms with Crippen molar-refractivity contribution in [1.82, 2.24) is 10.2 Å². The Kier molecular flexibility index (Phi) is 2.84. The molecular formula is C7H14N2O2. The molecule has 1 fully saturated rings. The van der Waals surface area contributed by atoms with Gasteiger partial charge in [-0.3, -0.25) is 9.69 Å². The van der Waals surface area contributed by atoms with Crippen LogP contribution in [-0.2, 0) is 4.79 Å². The highest BCUT2D eigenvalue weighted by Crippen LogP contribution is 2.01. The molecular weight excluding hydrogens is 144 g/mol. The summed E-state index contributed by atoms with van der Waals surface area (Å²) >= 11 is 0. The second-order valence-electron chi connectivity index (χ2n) is 2.73. The maximum absolute atomic E-state index is 11.0. The normalized spacial score (nSPS) is 26.7. The van der Waals surface area contributed by atoms with Gasteiger partial charge in [-0.15, -0.1) is 0 Å². The third-order valence-corrected chi connectivity index (χ3v) is 2.01. The molecule has 0 bridgehead atoms. The van der Waals surface area contributed by atoms with Crippen molar-refractivity contribution in [2.75, 3.05) is 26.2 Å². The number of carbonyl (C=O) groups is 1. The van der Waals surface area contributed by atoms with Crippen LogP contribution in [0.15, 0.2) is 0 Å². The molecule has 1 aliphatic heterocycles. The summed E-state index contributed by atoms with van der Waals surface area (Å²) in [6.07, 6.45) is 0. The minimum absolute atomic E-state index is 0.0599. The van der Waals surface area contributed by atoms with Crippen molar-refractivity contribution in [2.45, 2.75) is 13.0 Å². The number of β-amino-alcohol motifs (C(OH)–C–C–N with tert-alkyl or cyclic N) is 1. The molecule has 0 aromatic heterocycles. The summed E-state index contributed by atoms with van der Waals surface area (Å²) in [5.41, 5.74) is 0. The fourth-order valence-electron chi connectivity index (χ4n) is 1.26. The molecule has 4 nitrogen and oxygen atoms in total. The molecule has 0 spiro atoms. The lowest BCUT2D eigenvalue weighted by atomic mass is 10.2. The lowest BCUT2D eigenvalue weighted by molar-refractivity contribution is -0.128. The topological polar surface area (TPSA) is 52.6 Å². The van der Waals surface area contributed by atoms with Crippen LogP contribution in [0.3, 0.4) is 0 Å². The van der Waals surface area contributed by atoms with Gasteiger partial charge in [-0.1, -0.05) is 0 Å². The number of rotatable bonds is 2. The van der Waals surface area contributed by atoms with Gasteiger partial charge in [0, 0.05) is 19.6 Å². The summed E-state index contributed by atoms with van der Waals surface area (Å²) in [6, 6.07) is -0.0871. The SMILES string of the molecule is CC1C(=O)NCCN1CCO. The van der Waals surface area contributed by atoms with Crippen LogP contribution in [0.1, 0.15) is 6.92 Å². The zero-order valence-corrected chi connectivity index (χ0v) is 6.71. The highest BCUT2D eigenvalue weighted by atomic mass is 16.3. The maximum atomic E-state index is 11.0. The van der Waals surface area contributed by atoms with Gasteiger partial charge in [0.2, 0.25) is 5.91 Å². The molecule has 1 saturated heterocycles. The molecule has 4 heteroatoms. The van der Waals surface area contributed by atoms with E-state index in [1.807, 2.05) is 11.8 Å². The Balaban J connectivity index is 2.44. The summed E-state index contributed by atoms with van der Waals surface area (Å²) in [6.45, 7) is 4.10. The van der Waals surface area contributed by atoms with E-state index in [0.29, 0.717) is 13.1 Å². The zero-order chi connectivity index (χ0) is 8.27. The smallest absolute Gasteiger partial charge is 0.237 e. The van der Waals surface area contributed by atoms with Crippen molar-refractivity contribution in [3.05, 3.63) is 0 Å². The molecule has 0 saturated carbocycles. The van der Waals surface area contributed by atoms with Gasteiger partial charge in [-0.05, 0) is 6.92 Å². The largest absolute Gasteiger partial charge is 0.395 e. The van der Waals surface area contributed by atoms with Crippen LogP contribution in [0.25, 0.3) is 0 Å². The molecule has 0 aliphatic carbocycles. The van der Waals surface area contributed by atoms with Crippen molar-refractivity contribution in [1.29, 1.82) is 0 Å². The van der Waals surface area contributed by atoms with Crippen LogP contribution in [0.2, 0.25) is 0 Å². The Bertz CT molecular complexity index is 147. The summed E-state index contributed by atoms with van der Waals surface area (Å²) in [5.74, 6) is 0.0599. The molecule has 1 heterocycles. The Morgan fingerprint density at radius 2 is 2.55 bits per heavy atom. The van der Waals surface area contributed by atoms with Crippen molar-refractivity contribution >= 4 is 5.91 Å². The monoisotopic (exact) mass is 158 g/mol. The van der Waals surface area contributed by atoms with Crippen LogP contribution < -0.4 is 5.32 Å². The molecule has 0 aromatic carbocycles. The Morgan fingerprint density at radius 1 is 1.82 bits per heavy atom. The Hall–Kier alpha value is -0.610. The molecule has 1 rings (SSSR count). The van der Waals surface area contributed by atoms with Crippen molar-refractivity contribution in [2.24, 2.45) is 0 Å². The van der Waals surface area contributed by atoms with Crippen molar-refractivity contribution in [3.8, 4) is 0 Å². The predicted octanol–water partition coefficient (Wildman–Crippen LogP) is -1.20. The fraction of sp³-hybridized carbons (Fsp3) is 0.857. The number of nitrogens with one attached hydrogen (secondary N) is 1.